The van der Waals surface area contributed by atoms with E-state index in [1.165, 1.54) is 50.1 Å². The molecule has 0 saturated heterocycles. The van der Waals surface area contributed by atoms with E-state index in [9.17, 15) is 13.2 Å². The highest BCUT2D eigenvalue weighted by Crippen LogP contribution is 2.31. The largest absolute Gasteiger partial charge is 0.497 e. The van der Waals surface area contributed by atoms with E-state index < -0.39 is 10.0 Å². The number of hydrogen-bond donors (Lipinski definition) is 2. The van der Waals surface area contributed by atoms with E-state index in [1.54, 1.807) is 24.3 Å². The molecule has 3 aromatic rings. The fourth-order valence-corrected chi connectivity index (χ4v) is 4.32. The molecule has 0 unspecified atom stereocenters. The molecule has 0 atom stereocenters. The first kappa shape index (κ1) is 25.8. The van der Waals surface area contributed by atoms with Crippen LogP contribution in [-0.2, 0) is 20.2 Å². The molecular weight excluding hydrogens is 464 g/mol. The van der Waals surface area contributed by atoms with Gasteiger partial charge in [0.05, 0.1) is 24.8 Å². The lowest BCUT2D eigenvalue weighted by Crippen LogP contribution is -2.14. The first-order chi connectivity index (χ1) is 16.5. The summed E-state index contributed by atoms with van der Waals surface area (Å²) < 4.78 is 38.5. The van der Waals surface area contributed by atoms with Crippen LogP contribution < -0.4 is 19.5 Å². The number of rotatable bonds is 8. The zero-order chi connectivity index (χ0) is 25.6. The van der Waals surface area contributed by atoms with Crippen molar-refractivity contribution in [1.29, 1.82) is 0 Å². The van der Waals surface area contributed by atoms with Crippen molar-refractivity contribution in [1.82, 2.24) is 0 Å². The summed E-state index contributed by atoms with van der Waals surface area (Å²) in [7, 11) is -0.912. The van der Waals surface area contributed by atoms with Crippen LogP contribution in [0.5, 0.6) is 11.5 Å². The van der Waals surface area contributed by atoms with Gasteiger partial charge in [-0.3, -0.25) is 9.52 Å². The first-order valence-electron chi connectivity index (χ1n) is 11.0. The fraction of sp³-hybridized carbons (Fsp3) is 0.222. The van der Waals surface area contributed by atoms with Crippen LogP contribution in [0.4, 0.5) is 11.4 Å². The van der Waals surface area contributed by atoms with E-state index in [0.29, 0.717) is 17.2 Å². The number of carbonyl (C=O) groups is 1. The third-order valence-corrected chi connectivity index (χ3v) is 6.67. The van der Waals surface area contributed by atoms with Gasteiger partial charge in [-0.25, -0.2) is 8.42 Å². The minimum atomic E-state index is -3.87. The van der Waals surface area contributed by atoms with Gasteiger partial charge in [-0.15, -0.1) is 0 Å². The molecule has 0 aliphatic rings. The molecule has 0 heterocycles. The number of hydrogen-bond acceptors (Lipinski definition) is 5. The molecular formula is C27H30N2O5S. The number of carbonyl (C=O) groups excluding carboxylic acids is 1. The van der Waals surface area contributed by atoms with Crippen molar-refractivity contribution in [3.63, 3.8) is 0 Å². The van der Waals surface area contributed by atoms with Gasteiger partial charge in [-0.05, 0) is 59.0 Å². The van der Waals surface area contributed by atoms with Gasteiger partial charge in [0.1, 0.15) is 11.5 Å². The quantitative estimate of drug-likeness (QED) is 0.406. The Morgan fingerprint density at radius 3 is 2.11 bits per heavy atom. The lowest BCUT2D eigenvalue weighted by molar-refractivity contribution is -0.111. The summed E-state index contributed by atoms with van der Waals surface area (Å²) in [6, 6.07) is 18.7. The van der Waals surface area contributed by atoms with E-state index in [2.05, 4.69) is 30.8 Å². The van der Waals surface area contributed by atoms with Crippen molar-refractivity contribution in [2.75, 3.05) is 24.3 Å². The molecule has 3 rings (SSSR count). The second kappa shape index (κ2) is 10.7. The van der Waals surface area contributed by atoms with Gasteiger partial charge < -0.3 is 14.8 Å². The van der Waals surface area contributed by atoms with Crippen LogP contribution in [-0.4, -0.2) is 28.5 Å². The number of ether oxygens (including phenoxy) is 2. The molecule has 0 aliphatic heterocycles. The SMILES string of the molecule is COc1ccc(NS(=O)(=O)c2ccc(NC(=O)/C=C/c3ccc(C(C)(C)C)cc3)cc2)c(OC)c1. The average molecular weight is 495 g/mol. The molecule has 0 radical (unpaired) electrons. The number of amides is 1. The fourth-order valence-electron chi connectivity index (χ4n) is 3.25. The summed E-state index contributed by atoms with van der Waals surface area (Å²) in [6.07, 6.45) is 3.17. The molecule has 2 N–H and O–H groups in total. The Bertz CT molecular complexity index is 1310. The maximum Gasteiger partial charge on any atom is 0.262 e. The standard InChI is InChI=1S/C27H30N2O5S/c1-27(2,3)20-9-6-19(7-10-20)8-17-26(30)28-21-11-14-23(15-12-21)35(31,32)29-24-16-13-22(33-4)18-25(24)34-5/h6-18,29H,1-5H3,(H,28,30)/b17-8+. The third-order valence-electron chi connectivity index (χ3n) is 5.29. The van der Waals surface area contributed by atoms with Gasteiger partial charge >= 0.3 is 0 Å². The molecule has 0 fully saturated rings. The zero-order valence-electron chi connectivity index (χ0n) is 20.5. The molecule has 0 aromatic heterocycles. The Morgan fingerprint density at radius 1 is 0.886 bits per heavy atom. The average Bonchev–Trinajstić information content (AvgIpc) is 2.83. The number of methoxy groups -OCH3 is 2. The molecule has 8 heteroatoms. The smallest absolute Gasteiger partial charge is 0.262 e. The Hall–Kier alpha value is -3.78. The number of nitrogens with one attached hydrogen (secondary N) is 2. The summed E-state index contributed by atoms with van der Waals surface area (Å²) in [6.45, 7) is 6.44. The predicted molar refractivity (Wildman–Crippen MR) is 140 cm³/mol. The summed E-state index contributed by atoms with van der Waals surface area (Å²) >= 11 is 0. The van der Waals surface area contributed by atoms with Crippen molar-refractivity contribution < 1.29 is 22.7 Å². The number of anilines is 2. The second-order valence-corrected chi connectivity index (χ2v) is 10.6. The van der Waals surface area contributed by atoms with Crippen LogP contribution in [0.1, 0.15) is 31.9 Å². The zero-order valence-corrected chi connectivity index (χ0v) is 21.3. The summed E-state index contributed by atoms with van der Waals surface area (Å²) in [5.74, 6) is 0.555. The van der Waals surface area contributed by atoms with Gasteiger partial charge in [0.15, 0.2) is 0 Å². The van der Waals surface area contributed by atoms with Gasteiger partial charge in [0.2, 0.25) is 5.91 Å². The van der Waals surface area contributed by atoms with Crippen molar-refractivity contribution in [2.45, 2.75) is 31.1 Å². The topological polar surface area (TPSA) is 93.7 Å². The molecule has 184 valence electrons. The maximum atomic E-state index is 12.8. The van der Waals surface area contributed by atoms with Gasteiger partial charge in [0, 0.05) is 17.8 Å². The highest BCUT2D eigenvalue weighted by Gasteiger charge is 2.17. The van der Waals surface area contributed by atoms with Crippen molar-refractivity contribution in [2.24, 2.45) is 0 Å². The van der Waals surface area contributed by atoms with Crippen LogP contribution in [0.25, 0.3) is 6.08 Å². The van der Waals surface area contributed by atoms with E-state index in [4.69, 9.17) is 9.47 Å². The number of sulfonamides is 1. The van der Waals surface area contributed by atoms with Crippen LogP contribution in [0.3, 0.4) is 0 Å². The molecule has 0 aliphatic carbocycles. The minimum Gasteiger partial charge on any atom is -0.497 e. The molecule has 0 saturated carbocycles. The molecule has 1 amide bonds. The monoisotopic (exact) mass is 494 g/mol. The first-order valence-corrected chi connectivity index (χ1v) is 12.4. The normalized spacial score (nSPS) is 11.8. The lowest BCUT2D eigenvalue weighted by atomic mass is 9.87. The summed E-state index contributed by atoms with van der Waals surface area (Å²) in [5, 5.41) is 2.73. The molecule has 3 aromatic carbocycles. The van der Waals surface area contributed by atoms with Crippen LogP contribution >= 0.6 is 0 Å². The van der Waals surface area contributed by atoms with Gasteiger partial charge in [-0.2, -0.15) is 0 Å². The second-order valence-electron chi connectivity index (χ2n) is 8.89. The Kier molecular flexibility index (Phi) is 7.86. The Morgan fingerprint density at radius 2 is 1.54 bits per heavy atom. The lowest BCUT2D eigenvalue weighted by Gasteiger charge is -2.18. The van der Waals surface area contributed by atoms with Gasteiger partial charge in [-0.1, -0.05) is 45.0 Å². The highest BCUT2D eigenvalue weighted by molar-refractivity contribution is 7.92. The number of benzene rings is 3. The molecule has 0 spiro atoms. The van der Waals surface area contributed by atoms with E-state index in [-0.39, 0.29) is 21.9 Å². The Labute approximate surface area is 206 Å². The van der Waals surface area contributed by atoms with E-state index >= 15 is 0 Å². The van der Waals surface area contributed by atoms with Crippen molar-refractivity contribution >= 4 is 33.4 Å². The summed E-state index contributed by atoms with van der Waals surface area (Å²) in [5.41, 5.74) is 2.95. The van der Waals surface area contributed by atoms with E-state index in [1.807, 2.05) is 24.3 Å². The summed E-state index contributed by atoms with van der Waals surface area (Å²) in [4.78, 5) is 12.3. The molecule has 0 bridgehead atoms. The molecule has 7 nitrogen and oxygen atoms in total. The highest BCUT2D eigenvalue weighted by atomic mass is 32.2. The van der Waals surface area contributed by atoms with Crippen LogP contribution in [0.15, 0.2) is 77.7 Å². The van der Waals surface area contributed by atoms with E-state index in [0.717, 1.165) is 5.56 Å². The molecule has 35 heavy (non-hydrogen) atoms. The predicted octanol–water partition coefficient (Wildman–Crippen LogP) is 5.45. The van der Waals surface area contributed by atoms with Crippen LogP contribution in [0.2, 0.25) is 0 Å². The van der Waals surface area contributed by atoms with Crippen molar-refractivity contribution in [3.05, 3.63) is 83.9 Å². The van der Waals surface area contributed by atoms with Crippen LogP contribution in [0, 0.1) is 0 Å². The van der Waals surface area contributed by atoms with Gasteiger partial charge in [0.25, 0.3) is 10.0 Å². The van der Waals surface area contributed by atoms with Crippen molar-refractivity contribution in [3.8, 4) is 11.5 Å². The minimum absolute atomic E-state index is 0.0443. The maximum absolute atomic E-state index is 12.8. The Balaban J connectivity index is 1.65. The third kappa shape index (κ3) is 6.86.